The molecule has 0 saturated carbocycles. The molecule has 2 N–H and O–H groups in total. The second kappa shape index (κ2) is 4.28. The number of carbonyl (C=O) groups is 2. The van der Waals surface area contributed by atoms with Crippen LogP contribution in [0.5, 0.6) is 0 Å². The quantitative estimate of drug-likeness (QED) is 0.551. The Morgan fingerprint density at radius 3 is 2.87 bits per heavy atom. The summed E-state index contributed by atoms with van der Waals surface area (Å²) in [6.07, 6.45) is 2.18. The fourth-order valence-electron chi connectivity index (χ4n) is 2.30. The van der Waals surface area contributed by atoms with E-state index in [4.69, 9.17) is 0 Å². The fourth-order valence-corrected chi connectivity index (χ4v) is 2.30. The number of nitrogens with zero attached hydrogens (tertiary/aromatic N) is 1. The van der Waals surface area contributed by atoms with Crippen LogP contribution in [0.3, 0.4) is 0 Å². The first-order chi connectivity index (χ1) is 7.18. The fraction of sp³-hybridized carbons (Fsp3) is 0.800. The Morgan fingerprint density at radius 2 is 2.20 bits per heavy atom. The highest BCUT2D eigenvalue weighted by atomic mass is 16.2. The van der Waals surface area contributed by atoms with Crippen molar-refractivity contribution in [3.8, 4) is 0 Å². The minimum absolute atomic E-state index is 0.170. The summed E-state index contributed by atoms with van der Waals surface area (Å²) in [6, 6.07) is 0.136. The van der Waals surface area contributed by atoms with Gasteiger partial charge in [0.05, 0.1) is 12.6 Å². The maximum Gasteiger partial charge on any atom is 0.243 e. The molecule has 2 fully saturated rings. The summed E-state index contributed by atoms with van der Waals surface area (Å²) in [5, 5.41) is 5.66. The SMILES string of the molecule is CC1C(=O)NC(=O)CN1C1CCCNC1. The lowest BCUT2D eigenvalue weighted by Crippen LogP contribution is -2.62. The summed E-state index contributed by atoms with van der Waals surface area (Å²) < 4.78 is 0. The van der Waals surface area contributed by atoms with Crippen LogP contribution in [0, 0.1) is 0 Å². The number of hydrogen-bond donors (Lipinski definition) is 2. The Hall–Kier alpha value is -0.940. The van der Waals surface area contributed by atoms with E-state index >= 15 is 0 Å². The predicted octanol–water partition coefficient (Wildman–Crippen LogP) is -0.915. The molecule has 2 heterocycles. The highest BCUT2D eigenvalue weighted by molar-refractivity contribution is 6.00. The zero-order valence-electron chi connectivity index (χ0n) is 8.95. The molecule has 0 bridgehead atoms. The van der Waals surface area contributed by atoms with Crippen molar-refractivity contribution < 1.29 is 9.59 Å². The normalized spacial score (nSPS) is 33.9. The zero-order valence-corrected chi connectivity index (χ0v) is 8.95. The molecule has 5 nitrogen and oxygen atoms in total. The van der Waals surface area contributed by atoms with Crippen molar-refractivity contribution in [2.45, 2.75) is 31.8 Å². The maximum absolute atomic E-state index is 11.5. The summed E-state index contributed by atoms with van der Waals surface area (Å²) in [7, 11) is 0. The van der Waals surface area contributed by atoms with Gasteiger partial charge in [0.15, 0.2) is 0 Å². The van der Waals surface area contributed by atoms with Crippen molar-refractivity contribution in [1.82, 2.24) is 15.5 Å². The zero-order chi connectivity index (χ0) is 10.8. The van der Waals surface area contributed by atoms with Gasteiger partial charge in [0.2, 0.25) is 11.8 Å². The maximum atomic E-state index is 11.5. The lowest BCUT2D eigenvalue weighted by atomic mass is 10.0. The number of hydrogen-bond acceptors (Lipinski definition) is 4. The van der Waals surface area contributed by atoms with Crippen molar-refractivity contribution in [2.24, 2.45) is 0 Å². The van der Waals surface area contributed by atoms with E-state index in [9.17, 15) is 9.59 Å². The molecule has 2 unspecified atom stereocenters. The van der Waals surface area contributed by atoms with Gasteiger partial charge in [-0.05, 0) is 26.3 Å². The summed E-state index contributed by atoms with van der Waals surface area (Å²) in [5.41, 5.74) is 0. The Kier molecular flexibility index (Phi) is 3.02. The van der Waals surface area contributed by atoms with Crippen molar-refractivity contribution in [2.75, 3.05) is 19.6 Å². The summed E-state index contributed by atoms with van der Waals surface area (Å²) in [5.74, 6) is -0.347. The van der Waals surface area contributed by atoms with Gasteiger partial charge in [-0.2, -0.15) is 0 Å². The molecule has 2 aliphatic rings. The topological polar surface area (TPSA) is 61.4 Å². The van der Waals surface area contributed by atoms with Crippen LogP contribution in [-0.4, -0.2) is 48.4 Å². The molecular formula is C10H17N3O2. The molecule has 0 aromatic carbocycles. The number of amides is 2. The number of imide groups is 1. The molecule has 0 radical (unpaired) electrons. The van der Waals surface area contributed by atoms with E-state index in [0.29, 0.717) is 12.6 Å². The Morgan fingerprint density at radius 1 is 1.40 bits per heavy atom. The second-order valence-electron chi connectivity index (χ2n) is 4.26. The molecule has 0 aliphatic carbocycles. The molecule has 2 aliphatic heterocycles. The van der Waals surface area contributed by atoms with Crippen LogP contribution in [0.15, 0.2) is 0 Å². The molecule has 84 valence electrons. The summed E-state index contributed by atoms with van der Waals surface area (Å²) in [6.45, 7) is 4.12. The molecule has 2 atom stereocenters. The van der Waals surface area contributed by atoms with Crippen molar-refractivity contribution >= 4 is 11.8 Å². The van der Waals surface area contributed by atoms with Gasteiger partial charge in [-0.3, -0.25) is 19.8 Å². The number of rotatable bonds is 1. The average Bonchev–Trinajstić information content (AvgIpc) is 2.24. The molecular weight excluding hydrogens is 194 g/mol. The van der Waals surface area contributed by atoms with E-state index in [1.54, 1.807) is 0 Å². The molecule has 0 aromatic rings. The standard InChI is InChI=1S/C10H17N3O2/c1-7-10(15)12-9(14)6-13(7)8-3-2-4-11-5-8/h7-8,11H,2-6H2,1H3,(H,12,14,15). The van der Waals surface area contributed by atoms with Crippen LogP contribution in [-0.2, 0) is 9.59 Å². The minimum Gasteiger partial charge on any atom is -0.315 e. The van der Waals surface area contributed by atoms with Crippen LogP contribution in [0.1, 0.15) is 19.8 Å². The lowest BCUT2D eigenvalue weighted by molar-refractivity contribution is -0.141. The Bertz CT molecular complexity index is 274. The van der Waals surface area contributed by atoms with E-state index in [-0.39, 0.29) is 17.9 Å². The first kappa shape index (κ1) is 10.6. The highest BCUT2D eigenvalue weighted by Crippen LogP contribution is 2.15. The molecule has 2 saturated heterocycles. The third-order valence-electron chi connectivity index (χ3n) is 3.21. The molecule has 0 aromatic heterocycles. The number of piperazine rings is 1. The molecule has 15 heavy (non-hydrogen) atoms. The number of piperidine rings is 1. The molecule has 0 spiro atoms. The van der Waals surface area contributed by atoms with E-state index in [2.05, 4.69) is 10.6 Å². The highest BCUT2D eigenvalue weighted by Gasteiger charge is 2.35. The van der Waals surface area contributed by atoms with Gasteiger partial charge in [0.25, 0.3) is 0 Å². The Balaban J connectivity index is 2.05. The van der Waals surface area contributed by atoms with E-state index in [1.165, 1.54) is 0 Å². The first-order valence-corrected chi connectivity index (χ1v) is 5.48. The predicted molar refractivity (Wildman–Crippen MR) is 55.2 cm³/mol. The third-order valence-corrected chi connectivity index (χ3v) is 3.21. The van der Waals surface area contributed by atoms with Gasteiger partial charge in [0, 0.05) is 12.6 Å². The van der Waals surface area contributed by atoms with Crippen LogP contribution >= 0.6 is 0 Å². The van der Waals surface area contributed by atoms with Crippen molar-refractivity contribution in [3.63, 3.8) is 0 Å². The van der Waals surface area contributed by atoms with Gasteiger partial charge in [-0.15, -0.1) is 0 Å². The van der Waals surface area contributed by atoms with Gasteiger partial charge >= 0.3 is 0 Å². The number of carbonyl (C=O) groups excluding carboxylic acids is 2. The van der Waals surface area contributed by atoms with Gasteiger partial charge in [-0.25, -0.2) is 0 Å². The second-order valence-corrected chi connectivity index (χ2v) is 4.26. The first-order valence-electron chi connectivity index (χ1n) is 5.48. The number of nitrogens with one attached hydrogen (secondary N) is 2. The van der Waals surface area contributed by atoms with E-state index < -0.39 is 0 Å². The minimum atomic E-state index is -0.187. The summed E-state index contributed by atoms with van der Waals surface area (Å²) in [4.78, 5) is 24.7. The molecule has 5 heteroatoms. The largest absolute Gasteiger partial charge is 0.315 e. The van der Waals surface area contributed by atoms with E-state index in [1.807, 2.05) is 11.8 Å². The monoisotopic (exact) mass is 211 g/mol. The van der Waals surface area contributed by atoms with Crippen molar-refractivity contribution in [3.05, 3.63) is 0 Å². The van der Waals surface area contributed by atoms with Gasteiger partial charge in [-0.1, -0.05) is 0 Å². The van der Waals surface area contributed by atoms with Crippen LogP contribution in [0.4, 0.5) is 0 Å². The van der Waals surface area contributed by atoms with Gasteiger partial charge < -0.3 is 5.32 Å². The third kappa shape index (κ3) is 2.18. The van der Waals surface area contributed by atoms with Crippen LogP contribution in [0.25, 0.3) is 0 Å². The smallest absolute Gasteiger partial charge is 0.243 e. The molecule has 2 rings (SSSR count). The lowest BCUT2D eigenvalue weighted by Gasteiger charge is -2.39. The van der Waals surface area contributed by atoms with E-state index in [0.717, 1.165) is 25.9 Å². The van der Waals surface area contributed by atoms with Crippen LogP contribution in [0.2, 0.25) is 0 Å². The molecule has 2 amide bonds. The van der Waals surface area contributed by atoms with Crippen LogP contribution < -0.4 is 10.6 Å². The van der Waals surface area contributed by atoms with Gasteiger partial charge in [0.1, 0.15) is 0 Å². The van der Waals surface area contributed by atoms with Crippen molar-refractivity contribution in [1.29, 1.82) is 0 Å². The summed E-state index contributed by atoms with van der Waals surface area (Å²) >= 11 is 0. The average molecular weight is 211 g/mol. The Labute approximate surface area is 89.2 Å².